The lowest BCUT2D eigenvalue weighted by Gasteiger charge is -2.38. The summed E-state index contributed by atoms with van der Waals surface area (Å²) in [6.07, 6.45) is 2.77. The van der Waals surface area contributed by atoms with Crippen molar-refractivity contribution in [1.29, 1.82) is 0 Å². The number of hydrogen-bond acceptors (Lipinski definition) is 6. The van der Waals surface area contributed by atoms with Gasteiger partial charge in [0.05, 0.1) is 33.2 Å². The van der Waals surface area contributed by atoms with Crippen LogP contribution in [0.2, 0.25) is 5.02 Å². The number of aryl methyl sites for hydroxylation is 2. The van der Waals surface area contributed by atoms with Crippen LogP contribution in [0.4, 0.5) is 10.2 Å². The molecule has 4 aromatic rings. The van der Waals surface area contributed by atoms with Crippen LogP contribution in [-0.2, 0) is 6.42 Å². The zero-order chi connectivity index (χ0) is 28.0. The molecule has 2 atom stereocenters. The Balaban J connectivity index is 1.90. The Morgan fingerprint density at radius 1 is 1.10 bits per heavy atom. The van der Waals surface area contributed by atoms with Crippen LogP contribution >= 0.6 is 11.6 Å². The summed E-state index contributed by atoms with van der Waals surface area (Å²) in [5.41, 5.74) is 2.37. The van der Waals surface area contributed by atoms with E-state index in [2.05, 4.69) is 28.7 Å². The minimum Gasteiger partial charge on any atom is -0.353 e. The fraction of sp³-hybridized carbons (Fsp3) is 0.433. The summed E-state index contributed by atoms with van der Waals surface area (Å²) in [4.78, 5) is 35.2. The number of aromatic nitrogens is 5. The first-order valence-electron chi connectivity index (χ1n) is 13.6. The number of halogens is 2. The minimum atomic E-state index is -0.477. The predicted octanol–water partition coefficient (Wildman–Crippen LogP) is 6.65. The van der Waals surface area contributed by atoms with Gasteiger partial charge in [-0.05, 0) is 56.7 Å². The number of piperidine rings is 1. The molecule has 0 spiro atoms. The third kappa shape index (κ3) is 4.91. The van der Waals surface area contributed by atoms with E-state index in [-0.39, 0.29) is 28.2 Å². The fourth-order valence-corrected chi connectivity index (χ4v) is 5.69. The molecule has 1 aliphatic heterocycles. The summed E-state index contributed by atoms with van der Waals surface area (Å²) in [5, 5.41) is 0.922. The van der Waals surface area contributed by atoms with E-state index >= 15 is 0 Å². The van der Waals surface area contributed by atoms with Gasteiger partial charge in [0.25, 0.3) is 0 Å². The van der Waals surface area contributed by atoms with Crippen LogP contribution in [0.15, 0.2) is 35.1 Å². The van der Waals surface area contributed by atoms with Gasteiger partial charge in [0.1, 0.15) is 17.5 Å². The van der Waals surface area contributed by atoms with Crippen LogP contribution in [0.3, 0.4) is 0 Å². The van der Waals surface area contributed by atoms with Crippen LogP contribution in [-0.4, -0.2) is 37.1 Å². The molecule has 1 saturated heterocycles. The van der Waals surface area contributed by atoms with E-state index in [1.165, 1.54) is 10.6 Å². The largest absolute Gasteiger partial charge is 0.355 e. The number of fused-ring (bicyclic) bond motifs is 1. The summed E-state index contributed by atoms with van der Waals surface area (Å²) < 4.78 is 16.4. The van der Waals surface area contributed by atoms with E-state index in [9.17, 15) is 9.18 Å². The van der Waals surface area contributed by atoms with Crippen LogP contribution < -0.4 is 10.6 Å². The maximum Gasteiger partial charge on any atom is 0.355 e. The van der Waals surface area contributed by atoms with Crippen molar-refractivity contribution in [2.75, 3.05) is 11.4 Å². The zero-order valence-corrected chi connectivity index (χ0v) is 24.1. The molecule has 3 aromatic heterocycles. The van der Waals surface area contributed by atoms with Crippen LogP contribution in [0.5, 0.6) is 0 Å². The van der Waals surface area contributed by atoms with Crippen molar-refractivity contribution in [1.82, 2.24) is 24.5 Å². The van der Waals surface area contributed by atoms with Gasteiger partial charge >= 0.3 is 5.69 Å². The third-order valence-electron chi connectivity index (χ3n) is 7.54. The summed E-state index contributed by atoms with van der Waals surface area (Å²) in [6, 6.07) is 8.32. The second kappa shape index (κ2) is 10.6. The molecule has 9 heteroatoms. The monoisotopic (exact) mass is 548 g/mol. The Morgan fingerprint density at radius 2 is 1.85 bits per heavy atom. The van der Waals surface area contributed by atoms with Gasteiger partial charge in [-0.25, -0.2) is 28.7 Å². The van der Waals surface area contributed by atoms with Gasteiger partial charge in [-0.2, -0.15) is 4.98 Å². The zero-order valence-electron chi connectivity index (χ0n) is 23.3. The van der Waals surface area contributed by atoms with Crippen molar-refractivity contribution in [2.24, 2.45) is 5.92 Å². The van der Waals surface area contributed by atoms with Gasteiger partial charge in [0.2, 0.25) is 0 Å². The van der Waals surface area contributed by atoms with Crippen molar-refractivity contribution >= 4 is 28.5 Å². The fourth-order valence-electron chi connectivity index (χ4n) is 5.44. The summed E-state index contributed by atoms with van der Waals surface area (Å²) >= 11 is 6.79. The second-order valence-corrected chi connectivity index (χ2v) is 11.3. The van der Waals surface area contributed by atoms with Crippen LogP contribution in [0, 0.1) is 18.7 Å². The molecular formula is C30H34ClFN6O. The van der Waals surface area contributed by atoms with Crippen molar-refractivity contribution < 1.29 is 4.39 Å². The van der Waals surface area contributed by atoms with Gasteiger partial charge in [-0.15, -0.1) is 0 Å². The van der Waals surface area contributed by atoms with Gasteiger partial charge in [-0.1, -0.05) is 51.4 Å². The third-order valence-corrected chi connectivity index (χ3v) is 7.83. The Kier molecular flexibility index (Phi) is 7.42. The van der Waals surface area contributed by atoms with E-state index in [1.807, 2.05) is 27.7 Å². The lowest BCUT2D eigenvalue weighted by molar-refractivity contribution is 0.388. The molecule has 204 valence electrons. The summed E-state index contributed by atoms with van der Waals surface area (Å²) in [7, 11) is 0. The number of nitrogens with zero attached hydrogens (tertiary/aromatic N) is 6. The topological polar surface area (TPSA) is 76.8 Å². The predicted molar refractivity (Wildman–Crippen MR) is 155 cm³/mol. The average Bonchev–Trinajstić information content (AvgIpc) is 2.90. The molecule has 0 saturated carbocycles. The highest BCUT2D eigenvalue weighted by Crippen LogP contribution is 2.37. The van der Waals surface area contributed by atoms with E-state index in [0.29, 0.717) is 46.4 Å². The molecule has 5 rings (SSSR count). The van der Waals surface area contributed by atoms with Gasteiger partial charge in [-0.3, -0.25) is 0 Å². The SMILES string of the molecule is CCc1nc(C)c(-n2c(=O)nc(N3C[C@@H](C)CC[C@@H]3C)c3cc(Cl)c(-c4ccccc4F)nc32)c(C(C)C)n1. The van der Waals surface area contributed by atoms with Gasteiger partial charge in [0.15, 0.2) is 5.65 Å². The smallest absolute Gasteiger partial charge is 0.353 e. The quantitative estimate of drug-likeness (QED) is 0.278. The molecule has 0 radical (unpaired) electrons. The first kappa shape index (κ1) is 27.2. The Hall–Kier alpha value is -3.39. The van der Waals surface area contributed by atoms with Crippen molar-refractivity contribution in [3.63, 3.8) is 0 Å². The number of pyridine rings is 1. The van der Waals surface area contributed by atoms with Crippen molar-refractivity contribution in [3.8, 4) is 16.9 Å². The number of benzene rings is 1. The highest BCUT2D eigenvalue weighted by Gasteiger charge is 2.29. The van der Waals surface area contributed by atoms with Crippen LogP contribution in [0.25, 0.3) is 28.0 Å². The van der Waals surface area contributed by atoms with Crippen LogP contribution in [0.1, 0.15) is 70.6 Å². The number of anilines is 1. The van der Waals surface area contributed by atoms with E-state index < -0.39 is 11.5 Å². The van der Waals surface area contributed by atoms with Gasteiger partial charge < -0.3 is 4.90 Å². The molecule has 4 heterocycles. The Labute approximate surface area is 233 Å². The first-order chi connectivity index (χ1) is 18.6. The van der Waals surface area contributed by atoms with E-state index in [0.717, 1.165) is 25.1 Å². The number of rotatable bonds is 5. The molecule has 7 nitrogen and oxygen atoms in total. The Morgan fingerprint density at radius 3 is 2.54 bits per heavy atom. The maximum absolute atomic E-state index is 14.9. The molecular weight excluding hydrogens is 515 g/mol. The minimum absolute atomic E-state index is 0.00920. The Bertz CT molecular complexity index is 1620. The highest BCUT2D eigenvalue weighted by molar-refractivity contribution is 6.33. The molecule has 1 aliphatic rings. The van der Waals surface area contributed by atoms with Gasteiger partial charge in [0, 0.05) is 24.6 Å². The lowest BCUT2D eigenvalue weighted by Crippen LogP contribution is -2.43. The highest BCUT2D eigenvalue weighted by atomic mass is 35.5. The van der Waals surface area contributed by atoms with Crippen molar-refractivity contribution in [3.05, 3.63) is 68.9 Å². The molecule has 0 N–H and O–H groups in total. The van der Waals surface area contributed by atoms with Crippen molar-refractivity contribution in [2.45, 2.75) is 72.8 Å². The standard InChI is InChI=1S/C30H34ClFN6O/c1-7-24-33-19(6)27(25(34-24)16(2)3)38-29-21(14-22(31)26(35-29)20-10-8-9-11-23(20)32)28(36-30(38)39)37-15-17(4)12-13-18(37)5/h8-11,14,16-18H,7,12-13,15H2,1-6H3/t17-,18-/m0/s1. The molecule has 1 fully saturated rings. The molecule has 0 unspecified atom stereocenters. The average molecular weight is 549 g/mol. The summed E-state index contributed by atoms with van der Waals surface area (Å²) in [6.45, 7) is 13.1. The van der Waals surface area contributed by atoms with E-state index in [4.69, 9.17) is 21.6 Å². The second-order valence-electron chi connectivity index (χ2n) is 10.9. The molecule has 0 amide bonds. The summed E-state index contributed by atoms with van der Waals surface area (Å²) in [5.74, 6) is 1.28. The first-order valence-corrected chi connectivity index (χ1v) is 14.0. The number of hydrogen-bond donors (Lipinski definition) is 0. The molecule has 39 heavy (non-hydrogen) atoms. The lowest BCUT2D eigenvalue weighted by atomic mass is 9.95. The molecule has 0 bridgehead atoms. The van der Waals surface area contributed by atoms with E-state index in [1.54, 1.807) is 24.3 Å². The normalized spacial score (nSPS) is 17.8. The maximum atomic E-state index is 14.9. The molecule has 1 aromatic carbocycles. The molecule has 0 aliphatic carbocycles.